The molecule has 1 atom stereocenters. The minimum absolute atomic E-state index is 0.219. The number of carbonyl (C=O) groups excluding carboxylic acids is 1. The maximum absolute atomic E-state index is 12.8. The zero-order valence-electron chi connectivity index (χ0n) is 17.7. The van der Waals surface area contributed by atoms with Gasteiger partial charge in [0.2, 0.25) is 5.88 Å². The van der Waals surface area contributed by atoms with E-state index >= 15 is 0 Å². The Balaban J connectivity index is 1.45. The molecule has 1 N–H and O–H groups in total. The molecule has 0 saturated heterocycles. The molecule has 1 aromatic carbocycles. The molecule has 0 saturated carbocycles. The summed E-state index contributed by atoms with van der Waals surface area (Å²) in [7, 11) is 3.45. The Morgan fingerprint density at radius 1 is 1.19 bits per heavy atom. The maximum atomic E-state index is 12.8. The van der Waals surface area contributed by atoms with E-state index in [4.69, 9.17) is 9.72 Å². The molecular weight excluding hydrogens is 424 g/mol. The lowest BCUT2D eigenvalue weighted by Crippen LogP contribution is -2.27. The van der Waals surface area contributed by atoms with Crippen LogP contribution in [0.5, 0.6) is 5.88 Å². The lowest BCUT2D eigenvalue weighted by atomic mass is 10.0. The van der Waals surface area contributed by atoms with Gasteiger partial charge < -0.3 is 14.6 Å². The Hall–Kier alpha value is -3.85. The van der Waals surface area contributed by atoms with E-state index in [0.29, 0.717) is 11.4 Å². The normalized spacial score (nSPS) is 12.2. The van der Waals surface area contributed by atoms with Gasteiger partial charge in [-0.05, 0) is 30.7 Å². The van der Waals surface area contributed by atoms with Crippen molar-refractivity contribution in [2.45, 2.75) is 13.0 Å². The van der Waals surface area contributed by atoms with Gasteiger partial charge >= 0.3 is 0 Å². The number of carbonyl (C=O) groups is 1. The average molecular weight is 445 g/mol. The van der Waals surface area contributed by atoms with E-state index in [2.05, 4.69) is 20.3 Å². The number of pyridine rings is 2. The van der Waals surface area contributed by atoms with Crippen molar-refractivity contribution >= 4 is 38.6 Å². The molecule has 5 rings (SSSR count). The molecule has 0 fully saturated rings. The number of ether oxygens (including phenoxy) is 1. The molecule has 9 heteroatoms. The van der Waals surface area contributed by atoms with Gasteiger partial charge in [-0.1, -0.05) is 29.5 Å². The molecule has 32 heavy (non-hydrogen) atoms. The van der Waals surface area contributed by atoms with Crippen molar-refractivity contribution in [3.63, 3.8) is 0 Å². The smallest absolute Gasteiger partial charge is 0.257 e. The number of benzene rings is 1. The lowest BCUT2D eigenvalue weighted by molar-refractivity contribution is 0.0936. The first-order chi connectivity index (χ1) is 15.5. The minimum Gasteiger partial charge on any atom is -0.480 e. The van der Waals surface area contributed by atoms with Crippen molar-refractivity contribution < 1.29 is 9.53 Å². The van der Waals surface area contributed by atoms with Crippen LogP contribution < -0.4 is 10.1 Å². The molecule has 0 aliphatic rings. The first-order valence-electron chi connectivity index (χ1n) is 10.0. The lowest BCUT2D eigenvalue weighted by Gasteiger charge is -2.16. The van der Waals surface area contributed by atoms with Crippen molar-refractivity contribution in [1.82, 2.24) is 29.8 Å². The van der Waals surface area contributed by atoms with Gasteiger partial charge in [-0.3, -0.25) is 4.79 Å². The number of aromatic nitrogens is 5. The van der Waals surface area contributed by atoms with E-state index in [-0.39, 0.29) is 11.9 Å². The van der Waals surface area contributed by atoms with Crippen LogP contribution in [0.4, 0.5) is 0 Å². The molecule has 5 aromatic rings. The summed E-state index contributed by atoms with van der Waals surface area (Å²) in [6.07, 6.45) is 5.14. The van der Waals surface area contributed by atoms with Gasteiger partial charge in [-0.2, -0.15) is 0 Å². The molecule has 4 heterocycles. The predicted molar refractivity (Wildman–Crippen MR) is 124 cm³/mol. The second kappa shape index (κ2) is 8.01. The van der Waals surface area contributed by atoms with E-state index in [9.17, 15) is 4.79 Å². The van der Waals surface area contributed by atoms with E-state index < -0.39 is 0 Å². The minimum atomic E-state index is -0.240. The van der Waals surface area contributed by atoms with E-state index in [1.54, 1.807) is 30.9 Å². The number of imidazole rings is 1. The highest BCUT2D eigenvalue weighted by Crippen LogP contribution is 2.33. The van der Waals surface area contributed by atoms with Crippen LogP contribution in [0.3, 0.4) is 0 Å². The quantitative estimate of drug-likeness (QED) is 0.438. The number of aryl methyl sites for hydroxylation is 1. The number of nitrogens with zero attached hydrogens (tertiary/aromatic N) is 5. The number of hydrogen-bond acceptors (Lipinski definition) is 7. The van der Waals surface area contributed by atoms with E-state index in [0.717, 1.165) is 37.5 Å². The van der Waals surface area contributed by atoms with Gasteiger partial charge in [-0.15, -0.1) is 0 Å². The fourth-order valence-corrected chi connectivity index (χ4v) is 4.56. The summed E-state index contributed by atoms with van der Waals surface area (Å²) in [6.45, 7) is 1.94. The van der Waals surface area contributed by atoms with Crippen molar-refractivity contribution in [2.75, 3.05) is 7.11 Å². The predicted octanol–water partition coefficient (Wildman–Crippen LogP) is 4.14. The maximum Gasteiger partial charge on any atom is 0.257 e. The molecule has 160 valence electrons. The van der Waals surface area contributed by atoms with E-state index in [1.807, 2.05) is 42.8 Å². The Bertz CT molecular complexity index is 1460. The third-order valence-electron chi connectivity index (χ3n) is 5.29. The topological polar surface area (TPSA) is 94.8 Å². The number of rotatable bonds is 5. The number of fused-ring (bicyclic) bond motifs is 3. The molecule has 0 radical (unpaired) electrons. The average Bonchev–Trinajstić information content (AvgIpc) is 3.42. The Morgan fingerprint density at radius 2 is 2.06 bits per heavy atom. The summed E-state index contributed by atoms with van der Waals surface area (Å²) in [6, 6.07) is 11.2. The van der Waals surface area contributed by atoms with Crippen LogP contribution >= 0.6 is 11.3 Å². The number of methoxy groups -OCH3 is 1. The van der Waals surface area contributed by atoms with E-state index in [1.165, 1.54) is 18.4 Å². The van der Waals surface area contributed by atoms with Crippen LogP contribution in [0, 0.1) is 0 Å². The van der Waals surface area contributed by atoms with Crippen molar-refractivity contribution in [3.8, 4) is 16.5 Å². The number of amides is 1. The van der Waals surface area contributed by atoms with Crippen LogP contribution in [0.25, 0.3) is 32.0 Å². The second-order valence-corrected chi connectivity index (χ2v) is 8.38. The monoisotopic (exact) mass is 444 g/mol. The summed E-state index contributed by atoms with van der Waals surface area (Å²) in [4.78, 5) is 31.5. The fraction of sp³-hybridized carbons (Fsp3) is 0.174. The Morgan fingerprint density at radius 3 is 2.91 bits per heavy atom. The van der Waals surface area contributed by atoms with Gasteiger partial charge in [0.25, 0.3) is 5.91 Å². The van der Waals surface area contributed by atoms with Crippen LogP contribution in [0.2, 0.25) is 0 Å². The summed E-state index contributed by atoms with van der Waals surface area (Å²) in [5.41, 5.74) is 4.98. The molecule has 8 nitrogen and oxygen atoms in total. The summed E-state index contributed by atoms with van der Waals surface area (Å²) >= 11 is 1.54. The molecular formula is C23H20N6O2S. The molecule has 0 bridgehead atoms. The zero-order valence-corrected chi connectivity index (χ0v) is 18.6. The molecule has 1 amide bonds. The number of hydrogen-bond donors (Lipinski definition) is 1. The van der Waals surface area contributed by atoms with Crippen LogP contribution in [-0.4, -0.2) is 37.5 Å². The van der Waals surface area contributed by atoms with Gasteiger partial charge in [0.05, 0.1) is 31.2 Å². The summed E-state index contributed by atoms with van der Waals surface area (Å²) in [5.74, 6) is 0.0602. The summed E-state index contributed by atoms with van der Waals surface area (Å²) in [5, 5.41) is 3.89. The highest BCUT2D eigenvalue weighted by molar-refractivity contribution is 7.21. The van der Waals surface area contributed by atoms with Crippen molar-refractivity contribution in [3.05, 3.63) is 66.2 Å². The van der Waals surface area contributed by atoms with Crippen LogP contribution in [-0.2, 0) is 7.05 Å². The van der Waals surface area contributed by atoms with Crippen molar-refractivity contribution in [2.24, 2.45) is 7.05 Å². The SMILES string of the molecule is COc1ncccc1C(=O)N[C@@H](C)c1cccc(-c2nc3c(ncc4ncn(C)c43)s2)c1. The fourth-order valence-electron chi connectivity index (χ4n) is 3.65. The third kappa shape index (κ3) is 3.46. The standard InChI is InChI=1S/C23H20N6O2S/c1-13(27-20(30)16-8-5-9-24-21(16)31-3)14-6-4-7-15(10-14)22-28-18-19-17(26-12-29(19)2)11-25-23(18)32-22/h4-13H,1-3H3,(H,27,30)/t13-/m0/s1. The third-order valence-corrected chi connectivity index (χ3v) is 6.31. The largest absolute Gasteiger partial charge is 0.480 e. The first kappa shape index (κ1) is 20.1. The highest BCUT2D eigenvalue weighted by atomic mass is 32.1. The van der Waals surface area contributed by atoms with Gasteiger partial charge in [0, 0.05) is 18.8 Å². The number of thiazole rings is 1. The van der Waals surface area contributed by atoms with Gasteiger partial charge in [0.15, 0.2) is 0 Å². The van der Waals surface area contributed by atoms with Gasteiger partial charge in [-0.25, -0.2) is 19.9 Å². The summed E-state index contributed by atoms with van der Waals surface area (Å²) < 4.78 is 7.16. The second-order valence-electron chi connectivity index (χ2n) is 7.40. The Kier molecular flexibility index (Phi) is 5.02. The molecule has 0 aliphatic carbocycles. The molecule has 0 unspecified atom stereocenters. The van der Waals surface area contributed by atoms with Gasteiger partial charge in [0.1, 0.15) is 26.4 Å². The Labute approximate surface area is 187 Å². The molecule has 4 aromatic heterocycles. The highest BCUT2D eigenvalue weighted by Gasteiger charge is 2.18. The number of nitrogens with one attached hydrogen (secondary N) is 1. The molecule has 0 aliphatic heterocycles. The van der Waals surface area contributed by atoms with Crippen molar-refractivity contribution in [1.29, 1.82) is 0 Å². The molecule has 0 spiro atoms. The van der Waals surface area contributed by atoms with Crippen LogP contribution in [0.1, 0.15) is 28.9 Å². The zero-order chi connectivity index (χ0) is 22.2. The first-order valence-corrected chi connectivity index (χ1v) is 10.8. The van der Waals surface area contributed by atoms with Crippen LogP contribution in [0.15, 0.2) is 55.1 Å².